The van der Waals surface area contributed by atoms with Crippen LogP contribution in [-0.4, -0.2) is 13.0 Å². The molecule has 0 saturated heterocycles. The van der Waals surface area contributed by atoms with Gasteiger partial charge in [0.1, 0.15) is 17.4 Å². The normalized spacial score (nSPS) is 10.8. The molecular formula is C18H15Cl2N3O2. The lowest BCUT2D eigenvalue weighted by Crippen LogP contribution is -2.15. The van der Waals surface area contributed by atoms with Crippen molar-refractivity contribution < 1.29 is 9.53 Å². The number of carbonyl (C=O) groups excluding carboxylic acids is 1. The number of hydrogen-bond donors (Lipinski definition) is 2. The van der Waals surface area contributed by atoms with Gasteiger partial charge in [0.05, 0.1) is 22.8 Å². The summed E-state index contributed by atoms with van der Waals surface area (Å²) < 4.78 is 5.21. The van der Waals surface area contributed by atoms with Crippen molar-refractivity contribution in [3.63, 3.8) is 0 Å². The summed E-state index contributed by atoms with van der Waals surface area (Å²) >= 11 is 11.8. The van der Waals surface area contributed by atoms with E-state index in [0.717, 1.165) is 5.56 Å². The maximum Gasteiger partial charge on any atom is 0.267 e. The highest BCUT2D eigenvalue weighted by molar-refractivity contribution is 6.42. The number of rotatable bonds is 5. The van der Waals surface area contributed by atoms with Crippen LogP contribution in [0.15, 0.2) is 48.2 Å². The van der Waals surface area contributed by atoms with Gasteiger partial charge < -0.3 is 15.4 Å². The van der Waals surface area contributed by atoms with Gasteiger partial charge in [-0.05, 0) is 42.8 Å². The molecule has 128 valence electrons. The first-order valence-electron chi connectivity index (χ1n) is 7.22. The molecule has 2 rings (SSSR count). The topological polar surface area (TPSA) is 74.1 Å². The van der Waals surface area contributed by atoms with Gasteiger partial charge in [-0.3, -0.25) is 4.79 Å². The zero-order chi connectivity index (χ0) is 18.4. The smallest absolute Gasteiger partial charge is 0.267 e. The molecule has 2 aromatic carbocycles. The summed E-state index contributed by atoms with van der Waals surface area (Å²) in [4.78, 5) is 12.3. The van der Waals surface area contributed by atoms with Crippen molar-refractivity contribution in [2.45, 2.75) is 6.92 Å². The van der Waals surface area contributed by atoms with E-state index in [4.69, 9.17) is 27.9 Å². The number of amides is 1. The third kappa shape index (κ3) is 4.90. The van der Waals surface area contributed by atoms with Gasteiger partial charge in [-0.1, -0.05) is 29.3 Å². The van der Waals surface area contributed by atoms with E-state index in [9.17, 15) is 10.1 Å². The zero-order valence-electron chi connectivity index (χ0n) is 13.6. The van der Waals surface area contributed by atoms with Crippen LogP contribution in [0.3, 0.4) is 0 Å². The Morgan fingerprint density at radius 2 is 1.96 bits per heavy atom. The Kier molecular flexibility index (Phi) is 6.29. The predicted molar refractivity (Wildman–Crippen MR) is 100 cm³/mol. The molecule has 2 N–H and O–H groups in total. The lowest BCUT2D eigenvalue weighted by atomic mass is 10.2. The number of methoxy groups -OCH3 is 1. The van der Waals surface area contributed by atoms with E-state index in [-0.39, 0.29) is 5.57 Å². The first-order chi connectivity index (χ1) is 11.9. The van der Waals surface area contributed by atoms with Crippen molar-refractivity contribution in [3.05, 3.63) is 63.8 Å². The van der Waals surface area contributed by atoms with Crippen LogP contribution in [0.5, 0.6) is 5.75 Å². The van der Waals surface area contributed by atoms with Crippen molar-refractivity contribution in [3.8, 4) is 11.8 Å². The van der Waals surface area contributed by atoms with E-state index in [1.807, 2.05) is 19.1 Å². The van der Waals surface area contributed by atoms with Crippen molar-refractivity contribution in [1.82, 2.24) is 0 Å². The highest BCUT2D eigenvalue weighted by atomic mass is 35.5. The van der Waals surface area contributed by atoms with Crippen LogP contribution in [0.2, 0.25) is 10.0 Å². The van der Waals surface area contributed by atoms with Crippen LogP contribution in [0, 0.1) is 18.3 Å². The maximum atomic E-state index is 12.3. The molecule has 0 aromatic heterocycles. The molecule has 5 nitrogen and oxygen atoms in total. The Hall–Kier alpha value is -2.68. The Morgan fingerprint density at radius 3 is 2.60 bits per heavy atom. The minimum atomic E-state index is -0.557. The molecule has 0 fully saturated rings. The summed E-state index contributed by atoms with van der Waals surface area (Å²) in [5.41, 5.74) is 1.94. The Bertz CT molecular complexity index is 873. The first kappa shape index (κ1) is 18.7. The minimum Gasteiger partial charge on any atom is -0.495 e. The summed E-state index contributed by atoms with van der Waals surface area (Å²) in [6.07, 6.45) is 1.30. The maximum absolute atomic E-state index is 12.3. The first-order valence-corrected chi connectivity index (χ1v) is 7.98. The van der Waals surface area contributed by atoms with Crippen LogP contribution >= 0.6 is 23.2 Å². The molecule has 0 radical (unpaired) electrons. The monoisotopic (exact) mass is 375 g/mol. The van der Waals surface area contributed by atoms with Gasteiger partial charge in [0, 0.05) is 11.9 Å². The lowest BCUT2D eigenvalue weighted by Gasteiger charge is -2.11. The van der Waals surface area contributed by atoms with Crippen LogP contribution in [-0.2, 0) is 4.79 Å². The van der Waals surface area contributed by atoms with Gasteiger partial charge in [-0.15, -0.1) is 0 Å². The quantitative estimate of drug-likeness (QED) is 0.582. The molecule has 2 aromatic rings. The number of nitriles is 1. The van der Waals surface area contributed by atoms with E-state index >= 15 is 0 Å². The highest BCUT2D eigenvalue weighted by Crippen LogP contribution is 2.26. The van der Waals surface area contributed by atoms with Gasteiger partial charge >= 0.3 is 0 Å². The summed E-state index contributed by atoms with van der Waals surface area (Å²) in [7, 11) is 1.51. The molecule has 7 heteroatoms. The second kappa shape index (κ2) is 8.43. The molecule has 0 bridgehead atoms. The number of carbonyl (C=O) groups is 1. The number of halogens is 2. The van der Waals surface area contributed by atoms with E-state index in [1.54, 1.807) is 30.3 Å². The molecule has 25 heavy (non-hydrogen) atoms. The SMILES string of the molecule is COc1ccc(C)cc1NC(=O)/C(C#N)=C\Nc1ccc(Cl)c(Cl)c1. The molecule has 0 spiro atoms. The number of benzene rings is 2. The summed E-state index contributed by atoms with van der Waals surface area (Å²) in [6.45, 7) is 1.89. The molecule has 1 amide bonds. The van der Waals surface area contributed by atoms with Crippen molar-refractivity contribution in [1.29, 1.82) is 5.26 Å². The van der Waals surface area contributed by atoms with E-state index in [1.165, 1.54) is 13.3 Å². The largest absolute Gasteiger partial charge is 0.495 e. The number of hydrogen-bond acceptors (Lipinski definition) is 4. The van der Waals surface area contributed by atoms with Crippen molar-refractivity contribution in [2.75, 3.05) is 17.7 Å². The van der Waals surface area contributed by atoms with Crippen molar-refractivity contribution in [2.24, 2.45) is 0 Å². The summed E-state index contributed by atoms with van der Waals surface area (Å²) in [6, 6.07) is 12.1. The molecule has 0 aliphatic rings. The third-order valence-corrected chi connectivity index (χ3v) is 4.01. The summed E-state index contributed by atoms with van der Waals surface area (Å²) in [5.74, 6) is -0.0485. The zero-order valence-corrected chi connectivity index (χ0v) is 15.1. The minimum absolute atomic E-state index is 0.102. The molecule has 0 aliphatic heterocycles. The van der Waals surface area contributed by atoms with E-state index in [0.29, 0.717) is 27.2 Å². The Labute approximate surface area is 155 Å². The van der Waals surface area contributed by atoms with Crippen LogP contribution in [0.25, 0.3) is 0 Å². The molecule has 0 unspecified atom stereocenters. The van der Waals surface area contributed by atoms with E-state index < -0.39 is 5.91 Å². The second-order valence-electron chi connectivity index (χ2n) is 5.10. The Morgan fingerprint density at radius 1 is 1.20 bits per heavy atom. The fourth-order valence-electron chi connectivity index (χ4n) is 2.00. The summed E-state index contributed by atoms with van der Waals surface area (Å²) in [5, 5.41) is 15.5. The molecule has 0 atom stereocenters. The molecule has 0 aliphatic carbocycles. The number of anilines is 2. The van der Waals surface area contributed by atoms with Gasteiger partial charge in [0.25, 0.3) is 5.91 Å². The van der Waals surface area contributed by atoms with Crippen LogP contribution in [0.4, 0.5) is 11.4 Å². The van der Waals surface area contributed by atoms with E-state index in [2.05, 4.69) is 10.6 Å². The fourth-order valence-corrected chi connectivity index (χ4v) is 2.30. The number of nitrogens with one attached hydrogen (secondary N) is 2. The number of aryl methyl sites for hydroxylation is 1. The second-order valence-corrected chi connectivity index (χ2v) is 5.92. The third-order valence-electron chi connectivity index (χ3n) is 3.27. The van der Waals surface area contributed by atoms with Gasteiger partial charge in [-0.25, -0.2) is 0 Å². The average Bonchev–Trinajstić information content (AvgIpc) is 2.58. The molecular weight excluding hydrogens is 361 g/mol. The predicted octanol–water partition coefficient (Wildman–Crippen LogP) is 4.77. The van der Waals surface area contributed by atoms with Crippen molar-refractivity contribution >= 4 is 40.5 Å². The number of nitrogens with zero attached hydrogens (tertiary/aromatic N) is 1. The lowest BCUT2D eigenvalue weighted by molar-refractivity contribution is -0.112. The van der Waals surface area contributed by atoms with Crippen LogP contribution in [0.1, 0.15) is 5.56 Å². The standard InChI is InChI=1S/C18H15Cl2N3O2/c1-11-3-6-17(25-2)16(7-11)23-18(24)12(9-21)10-22-13-4-5-14(19)15(20)8-13/h3-8,10,22H,1-2H3,(H,23,24)/b12-10-. The van der Waals surface area contributed by atoms with Crippen LogP contribution < -0.4 is 15.4 Å². The highest BCUT2D eigenvalue weighted by Gasteiger charge is 2.12. The molecule has 0 saturated carbocycles. The van der Waals surface area contributed by atoms with Gasteiger partial charge in [0.2, 0.25) is 0 Å². The van der Waals surface area contributed by atoms with Gasteiger partial charge in [-0.2, -0.15) is 5.26 Å². The fraction of sp³-hybridized carbons (Fsp3) is 0.111. The Balaban J connectivity index is 2.17. The van der Waals surface area contributed by atoms with Gasteiger partial charge in [0.15, 0.2) is 0 Å². The average molecular weight is 376 g/mol. The molecule has 0 heterocycles. The number of ether oxygens (including phenoxy) is 1.